The van der Waals surface area contributed by atoms with E-state index in [1.807, 2.05) is 6.07 Å². The Morgan fingerprint density at radius 1 is 1.13 bits per heavy atom. The predicted molar refractivity (Wildman–Crippen MR) is 107 cm³/mol. The first kappa shape index (κ1) is 20.4. The number of para-hydroxylation sites is 1. The van der Waals surface area contributed by atoms with E-state index in [1.54, 1.807) is 30.3 Å². The molecule has 30 heavy (non-hydrogen) atoms. The van der Waals surface area contributed by atoms with Gasteiger partial charge in [-0.25, -0.2) is 5.01 Å². The van der Waals surface area contributed by atoms with Crippen molar-refractivity contribution in [3.63, 3.8) is 0 Å². The molecule has 2 aromatic rings. The second-order valence-corrected chi connectivity index (χ2v) is 7.57. The minimum Gasteiger partial charge on any atom is -0.452 e. The van der Waals surface area contributed by atoms with Crippen molar-refractivity contribution >= 4 is 34.6 Å². The molecule has 0 aromatic heterocycles. The van der Waals surface area contributed by atoms with Gasteiger partial charge in [-0.2, -0.15) is 23.5 Å². The summed E-state index contributed by atoms with van der Waals surface area (Å²) in [6, 6.07) is 14.5. The molecule has 154 valence electrons. The highest BCUT2D eigenvalue weighted by Crippen LogP contribution is 2.50. The van der Waals surface area contributed by atoms with Crippen LogP contribution in [0, 0.1) is 17.2 Å². The van der Waals surface area contributed by atoms with Crippen LogP contribution in [0.5, 0.6) is 0 Å². The molecule has 2 aromatic carbocycles. The quantitative estimate of drug-likeness (QED) is 0.680. The molecule has 0 saturated carbocycles. The van der Waals surface area contributed by atoms with Crippen LogP contribution in [-0.2, 0) is 4.74 Å². The molecule has 2 heterocycles. The van der Waals surface area contributed by atoms with Gasteiger partial charge in [0.25, 0.3) is 0 Å². The number of rotatable bonds is 2. The van der Waals surface area contributed by atoms with Crippen molar-refractivity contribution in [3.8, 4) is 6.07 Å². The lowest BCUT2D eigenvalue weighted by atomic mass is 9.76. The zero-order valence-corrected chi connectivity index (χ0v) is 16.6. The normalized spacial score (nSPS) is 23.5. The Kier molecular flexibility index (Phi) is 5.04. The van der Waals surface area contributed by atoms with Gasteiger partial charge in [0.2, 0.25) is 12.1 Å². The molecule has 0 fully saturated rings. The largest absolute Gasteiger partial charge is 0.452 e. The Morgan fingerprint density at radius 3 is 2.47 bits per heavy atom. The third-order valence-corrected chi connectivity index (χ3v) is 5.57. The third-order valence-electron chi connectivity index (χ3n) is 4.99. The number of anilines is 1. The maximum absolute atomic E-state index is 14.0. The molecular weight excluding hydrogens is 440 g/mol. The van der Waals surface area contributed by atoms with Crippen LogP contribution in [0.3, 0.4) is 0 Å². The monoisotopic (exact) mass is 452 g/mol. The zero-order valence-electron chi connectivity index (χ0n) is 15.1. The van der Waals surface area contributed by atoms with E-state index in [0.29, 0.717) is 5.69 Å². The predicted octanol–water partition coefficient (Wildman–Crippen LogP) is 5.18. The molecule has 0 bridgehead atoms. The van der Waals surface area contributed by atoms with E-state index in [1.165, 1.54) is 18.2 Å². The fourth-order valence-corrected chi connectivity index (χ4v) is 4.17. The second-order valence-electron chi connectivity index (χ2n) is 6.73. The Labute approximate surface area is 179 Å². The summed E-state index contributed by atoms with van der Waals surface area (Å²) in [5.41, 5.74) is 5.34. The molecule has 4 rings (SSSR count). The summed E-state index contributed by atoms with van der Waals surface area (Å²) in [7, 11) is 0. The standard InChI is InChI=1S/C20H13Cl2F3N4O/c21-10-6-7-14(22)12(8-10)15-13(9-26)18(27)30-19-16(15)17(20(23,24)25)28-29(19)11-4-2-1-3-5-11/h1-8,15-16,19H,27H2/t15-,16+,19-/m1/s1. The highest BCUT2D eigenvalue weighted by Gasteiger charge is 2.58. The Bertz CT molecular complexity index is 1100. The lowest BCUT2D eigenvalue weighted by molar-refractivity contribution is -0.0658. The minimum atomic E-state index is -4.77. The van der Waals surface area contributed by atoms with Crippen molar-refractivity contribution in [3.05, 3.63) is 75.6 Å². The summed E-state index contributed by atoms with van der Waals surface area (Å²) in [6.45, 7) is 0. The molecule has 2 aliphatic heterocycles. The van der Waals surface area contributed by atoms with E-state index < -0.39 is 30.0 Å². The fourth-order valence-electron chi connectivity index (χ4n) is 3.76. The summed E-state index contributed by atoms with van der Waals surface area (Å²) in [6.07, 6.45) is -5.99. The van der Waals surface area contributed by atoms with Crippen LogP contribution in [0.2, 0.25) is 10.0 Å². The van der Waals surface area contributed by atoms with E-state index in [2.05, 4.69) is 5.10 Å². The van der Waals surface area contributed by atoms with E-state index >= 15 is 0 Å². The van der Waals surface area contributed by atoms with E-state index in [-0.39, 0.29) is 27.1 Å². The zero-order chi connectivity index (χ0) is 21.6. The van der Waals surface area contributed by atoms with Gasteiger partial charge in [-0.3, -0.25) is 0 Å². The number of alkyl halides is 3. The first-order valence-electron chi connectivity index (χ1n) is 8.73. The number of hydrogen-bond donors (Lipinski definition) is 1. The molecular formula is C20H13Cl2F3N4O. The van der Waals surface area contributed by atoms with Crippen molar-refractivity contribution < 1.29 is 17.9 Å². The van der Waals surface area contributed by atoms with E-state index in [9.17, 15) is 18.4 Å². The van der Waals surface area contributed by atoms with Gasteiger partial charge in [0.05, 0.1) is 17.2 Å². The number of hydrazone groups is 1. The number of nitriles is 1. The number of ether oxygens (including phenoxy) is 1. The van der Waals surface area contributed by atoms with Crippen molar-refractivity contribution in [2.45, 2.75) is 18.3 Å². The average Bonchev–Trinajstić information content (AvgIpc) is 3.09. The first-order valence-corrected chi connectivity index (χ1v) is 9.49. The average molecular weight is 453 g/mol. The molecule has 5 nitrogen and oxygen atoms in total. The Morgan fingerprint density at radius 2 is 1.83 bits per heavy atom. The molecule has 0 unspecified atom stereocenters. The topological polar surface area (TPSA) is 74.6 Å². The minimum absolute atomic E-state index is 0.158. The SMILES string of the molecule is N#CC1=C(N)O[C@@H]2[C@H](C(C(F)(F)F)=NN2c2ccccc2)[C@@H]1c1cc(Cl)ccc1Cl. The van der Waals surface area contributed by atoms with Gasteiger partial charge >= 0.3 is 6.18 Å². The summed E-state index contributed by atoms with van der Waals surface area (Å²) in [4.78, 5) is 0. The summed E-state index contributed by atoms with van der Waals surface area (Å²) < 4.78 is 47.6. The Hall–Kier alpha value is -2.89. The van der Waals surface area contributed by atoms with E-state index in [4.69, 9.17) is 33.7 Å². The molecule has 0 saturated heterocycles. The fraction of sp³-hybridized carbons (Fsp3) is 0.200. The molecule has 3 atom stereocenters. The lowest BCUT2D eigenvalue weighted by Gasteiger charge is -2.37. The molecule has 0 radical (unpaired) electrons. The number of nitrogens with zero attached hydrogens (tertiary/aromatic N) is 3. The number of hydrogen-bond acceptors (Lipinski definition) is 5. The summed E-state index contributed by atoms with van der Waals surface area (Å²) >= 11 is 12.4. The van der Waals surface area contributed by atoms with Crippen LogP contribution in [0.1, 0.15) is 11.5 Å². The van der Waals surface area contributed by atoms with Crippen molar-refractivity contribution in [2.24, 2.45) is 16.8 Å². The van der Waals surface area contributed by atoms with Gasteiger partial charge in [0, 0.05) is 16.0 Å². The van der Waals surface area contributed by atoms with Gasteiger partial charge < -0.3 is 10.5 Å². The summed E-state index contributed by atoms with van der Waals surface area (Å²) in [5, 5.41) is 15.0. The van der Waals surface area contributed by atoms with Crippen LogP contribution < -0.4 is 10.7 Å². The van der Waals surface area contributed by atoms with E-state index in [0.717, 1.165) is 5.01 Å². The van der Waals surface area contributed by atoms with Gasteiger partial charge in [-0.05, 0) is 35.9 Å². The smallest absolute Gasteiger partial charge is 0.431 e. The van der Waals surface area contributed by atoms with Gasteiger partial charge in [0.1, 0.15) is 6.07 Å². The number of allylic oxidation sites excluding steroid dienone is 1. The van der Waals surface area contributed by atoms with Crippen molar-refractivity contribution in [1.29, 1.82) is 5.26 Å². The number of fused-ring (bicyclic) bond motifs is 1. The molecule has 2 aliphatic rings. The summed E-state index contributed by atoms with van der Waals surface area (Å²) in [5.74, 6) is -2.81. The van der Waals surface area contributed by atoms with Gasteiger partial charge in [-0.15, -0.1) is 0 Å². The van der Waals surface area contributed by atoms with Crippen molar-refractivity contribution in [1.82, 2.24) is 0 Å². The van der Waals surface area contributed by atoms with Crippen LogP contribution in [0.25, 0.3) is 0 Å². The highest BCUT2D eigenvalue weighted by atomic mass is 35.5. The van der Waals surface area contributed by atoms with Crippen LogP contribution in [0.15, 0.2) is 65.1 Å². The van der Waals surface area contributed by atoms with Crippen molar-refractivity contribution in [2.75, 3.05) is 5.01 Å². The molecule has 0 amide bonds. The van der Waals surface area contributed by atoms with Crippen LogP contribution in [0.4, 0.5) is 18.9 Å². The molecule has 0 aliphatic carbocycles. The second kappa shape index (κ2) is 7.42. The van der Waals surface area contributed by atoms with Gasteiger partial charge in [-0.1, -0.05) is 41.4 Å². The van der Waals surface area contributed by atoms with Gasteiger partial charge in [0.15, 0.2) is 5.71 Å². The first-order chi connectivity index (χ1) is 14.2. The highest BCUT2D eigenvalue weighted by molar-refractivity contribution is 6.33. The number of nitrogens with two attached hydrogens (primary N) is 1. The molecule has 2 N–H and O–H groups in total. The Balaban J connectivity index is 1.94. The maximum Gasteiger partial charge on any atom is 0.431 e. The number of halogens is 5. The number of benzene rings is 2. The lowest BCUT2D eigenvalue weighted by Crippen LogP contribution is -2.46. The molecule has 0 spiro atoms. The van der Waals surface area contributed by atoms with Crippen LogP contribution in [-0.4, -0.2) is 18.1 Å². The van der Waals surface area contributed by atoms with Crippen LogP contribution >= 0.6 is 23.2 Å². The third kappa shape index (κ3) is 3.34. The maximum atomic E-state index is 14.0. The molecule has 10 heteroatoms.